The first-order valence-electron chi connectivity index (χ1n) is 14.1. The van der Waals surface area contributed by atoms with Crippen LogP contribution in [0.25, 0.3) is 0 Å². The molecule has 2 aliphatic heterocycles. The Labute approximate surface area is 251 Å². The number of methoxy groups -OCH3 is 2. The molecule has 0 spiro atoms. The van der Waals surface area contributed by atoms with Crippen molar-refractivity contribution in [3.63, 3.8) is 0 Å². The molecule has 0 saturated carbocycles. The van der Waals surface area contributed by atoms with Crippen molar-refractivity contribution < 1.29 is 23.8 Å². The van der Waals surface area contributed by atoms with Gasteiger partial charge in [0.1, 0.15) is 24.7 Å². The molecule has 9 heteroatoms. The molecule has 0 bridgehead atoms. The van der Waals surface area contributed by atoms with E-state index in [1.54, 1.807) is 32.4 Å². The Morgan fingerprint density at radius 1 is 1.00 bits per heavy atom. The van der Waals surface area contributed by atoms with E-state index in [9.17, 15) is 9.59 Å². The monoisotopic (exact) mass is 589 g/mol. The van der Waals surface area contributed by atoms with Crippen molar-refractivity contribution in [2.45, 2.75) is 45.4 Å². The van der Waals surface area contributed by atoms with Gasteiger partial charge in [-0.3, -0.25) is 9.80 Å². The van der Waals surface area contributed by atoms with Crippen molar-refractivity contribution in [3.05, 3.63) is 88.4 Å². The number of nitrogens with zero attached hydrogens (tertiary/aromatic N) is 3. The van der Waals surface area contributed by atoms with E-state index in [1.807, 2.05) is 72.3 Å². The quantitative estimate of drug-likeness (QED) is 0.291. The summed E-state index contributed by atoms with van der Waals surface area (Å²) in [5, 5.41) is 7.32. The van der Waals surface area contributed by atoms with E-state index in [2.05, 4.69) is 0 Å². The molecule has 0 radical (unpaired) electrons. The van der Waals surface area contributed by atoms with E-state index in [0.717, 1.165) is 23.1 Å². The van der Waals surface area contributed by atoms with Crippen LogP contribution in [-0.4, -0.2) is 67.2 Å². The van der Waals surface area contributed by atoms with Crippen LogP contribution in [0.15, 0.2) is 71.8 Å². The van der Waals surface area contributed by atoms with Gasteiger partial charge < -0.3 is 23.9 Å². The molecule has 3 aromatic carbocycles. The number of amides is 1. The third-order valence-electron chi connectivity index (χ3n) is 8.18. The van der Waals surface area contributed by atoms with Gasteiger partial charge in [-0.05, 0) is 54.8 Å². The number of rotatable bonds is 9. The molecular formula is C33H36ClN3O5. The summed E-state index contributed by atoms with van der Waals surface area (Å²) in [7, 11) is 3.19. The number of hydrogen-bond donors (Lipinski definition) is 0. The van der Waals surface area contributed by atoms with E-state index in [4.69, 9.17) is 30.9 Å². The number of aldehydes is 1. The lowest BCUT2D eigenvalue weighted by Gasteiger charge is -2.39. The Morgan fingerprint density at radius 3 is 2.38 bits per heavy atom. The third kappa shape index (κ3) is 5.81. The fourth-order valence-electron chi connectivity index (χ4n) is 5.73. The Balaban J connectivity index is 1.28. The highest BCUT2D eigenvalue weighted by Crippen LogP contribution is 2.40. The van der Waals surface area contributed by atoms with Crippen molar-refractivity contribution in [1.29, 1.82) is 0 Å². The van der Waals surface area contributed by atoms with Crippen LogP contribution in [0.1, 0.15) is 48.2 Å². The third-order valence-corrected chi connectivity index (χ3v) is 8.51. The Kier molecular flexibility index (Phi) is 8.73. The Hall–Kier alpha value is -4.04. The van der Waals surface area contributed by atoms with Crippen LogP contribution in [0.2, 0.25) is 5.02 Å². The average Bonchev–Trinajstić information content (AvgIpc) is 3.30. The number of carbonyl (C=O) groups excluding carboxylic acids is 2. The van der Waals surface area contributed by atoms with Crippen molar-refractivity contribution in [1.82, 2.24) is 9.91 Å². The smallest absolute Gasteiger partial charge is 0.255 e. The summed E-state index contributed by atoms with van der Waals surface area (Å²) < 4.78 is 16.8. The van der Waals surface area contributed by atoms with Crippen molar-refractivity contribution in [3.8, 4) is 17.2 Å². The number of benzene rings is 3. The summed E-state index contributed by atoms with van der Waals surface area (Å²) in [6.07, 6.45) is 2.34. The van der Waals surface area contributed by atoms with Crippen LogP contribution < -0.4 is 14.2 Å². The number of hydrogen-bond acceptors (Lipinski definition) is 7. The van der Waals surface area contributed by atoms with E-state index in [-0.39, 0.29) is 11.9 Å². The fraction of sp³-hybridized carbons (Fsp3) is 0.364. The number of halogens is 1. The minimum atomic E-state index is -0.526. The summed E-state index contributed by atoms with van der Waals surface area (Å²) in [6.45, 7) is 5.53. The molecule has 1 amide bonds. The van der Waals surface area contributed by atoms with Crippen LogP contribution >= 0.6 is 11.6 Å². The number of carbonyl (C=O) groups is 2. The zero-order valence-electron chi connectivity index (χ0n) is 24.4. The van der Waals surface area contributed by atoms with Crippen LogP contribution in [0.3, 0.4) is 0 Å². The number of piperidine rings is 1. The molecule has 1 fully saturated rings. The molecule has 8 nitrogen and oxygen atoms in total. The van der Waals surface area contributed by atoms with E-state index < -0.39 is 11.5 Å². The van der Waals surface area contributed by atoms with Crippen molar-refractivity contribution in [2.24, 2.45) is 10.5 Å². The lowest BCUT2D eigenvalue weighted by molar-refractivity contribution is -0.115. The lowest BCUT2D eigenvalue weighted by Crippen LogP contribution is -2.50. The highest BCUT2D eigenvalue weighted by atomic mass is 35.5. The average molecular weight is 590 g/mol. The maximum atomic E-state index is 13.5. The SMILES string of the molecule is COc1ccc(C2=NN(C3CCN(C(=O)c4cc(OCc5ccccc5)ccc4Cl)CC3)C(C=O)C2(C)C)cc1OC. The highest BCUT2D eigenvalue weighted by molar-refractivity contribution is 6.33. The zero-order valence-corrected chi connectivity index (χ0v) is 25.1. The van der Waals surface area contributed by atoms with Gasteiger partial charge in [-0.25, -0.2) is 0 Å². The molecule has 2 aliphatic rings. The fourth-order valence-corrected chi connectivity index (χ4v) is 5.93. The van der Waals surface area contributed by atoms with Crippen LogP contribution in [0.5, 0.6) is 17.2 Å². The predicted octanol–water partition coefficient (Wildman–Crippen LogP) is 5.85. The van der Waals surface area contributed by atoms with Crippen LogP contribution in [0, 0.1) is 5.41 Å². The first kappa shape index (κ1) is 29.5. The van der Waals surface area contributed by atoms with Gasteiger partial charge in [-0.2, -0.15) is 5.10 Å². The van der Waals surface area contributed by atoms with Crippen molar-refractivity contribution >= 4 is 29.5 Å². The van der Waals surface area contributed by atoms with E-state index >= 15 is 0 Å². The Bertz CT molecular complexity index is 1470. The standard InChI is InChI=1S/C33H36ClN3O5/c1-33(2)30(20-38)37(35-31(33)23-10-13-28(40-3)29(18-23)41-4)24-14-16-36(17-15-24)32(39)26-19-25(11-12-27(26)34)42-21-22-8-6-5-7-9-22/h5-13,18-20,24,30H,14-17,21H2,1-4H3. The normalized spacial score (nSPS) is 18.4. The summed E-state index contributed by atoms with van der Waals surface area (Å²) >= 11 is 6.46. The Morgan fingerprint density at radius 2 is 1.71 bits per heavy atom. The molecular weight excluding hydrogens is 554 g/mol. The first-order chi connectivity index (χ1) is 20.3. The second kappa shape index (κ2) is 12.4. The van der Waals surface area contributed by atoms with Crippen LogP contribution in [-0.2, 0) is 11.4 Å². The van der Waals surface area contributed by atoms with Gasteiger partial charge in [0.15, 0.2) is 11.5 Å². The molecule has 1 atom stereocenters. The topological polar surface area (TPSA) is 80.7 Å². The molecule has 0 aliphatic carbocycles. The first-order valence-corrected chi connectivity index (χ1v) is 14.4. The highest BCUT2D eigenvalue weighted by Gasteiger charge is 2.47. The summed E-state index contributed by atoms with van der Waals surface area (Å²) in [5.41, 5.74) is 2.63. The van der Waals surface area contributed by atoms with Crippen molar-refractivity contribution in [2.75, 3.05) is 27.3 Å². The maximum Gasteiger partial charge on any atom is 0.255 e. The predicted molar refractivity (Wildman–Crippen MR) is 163 cm³/mol. The number of likely N-dealkylation sites (tertiary alicyclic amines) is 1. The minimum absolute atomic E-state index is 0.0113. The van der Waals surface area contributed by atoms with E-state index in [1.165, 1.54) is 0 Å². The molecule has 2 heterocycles. The number of ether oxygens (including phenoxy) is 3. The zero-order chi connectivity index (χ0) is 29.9. The van der Waals surface area contributed by atoms with Gasteiger partial charge in [0, 0.05) is 24.1 Å². The molecule has 5 rings (SSSR count). The summed E-state index contributed by atoms with van der Waals surface area (Å²) in [4.78, 5) is 27.7. The molecule has 1 saturated heterocycles. The van der Waals surface area contributed by atoms with E-state index in [0.29, 0.717) is 60.4 Å². The van der Waals surface area contributed by atoms with Gasteiger partial charge in [0.2, 0.25) is 0 Å². The molecule has 220 valence electrons. The van der Waals surface area contributed by atoms with Gasteiger partial charge >= 0.3 is 0 Å². The number of hydrazone groups is 1. The van der Waals surface area contributed by atoms with Gasteiger partial charge in [0.25, 0.3) is 5.91 Å². The summed E-state index contributed by atoms with van der Waals surface area (Å²) in [6, 6.07) is 20.3. The van der Waals surface area contributed by atoms with Gasteiger partial charge in [-0.1, -0.05) is 55.8 Å². The van der Waals surface area contributed by atoms with Gasteiger partial charge in [-0.15, -0.1) is 0 Å². The lowest BCUT2D eigenvalue weighted by atomic mass is 9.78. The van der Waals surface area contributed by atoms with Gasteiger partial charge in [0.05, 0.1) is 36.6 Å². The maximum absolute atomic E-state index is 13.5. The second-order valence-electron chi connectivity index (χ2n) is 11.1. The molecule has 0 aromatic heterocycles. The van der Waals surface area contributed by atoms with Crippen LogP contribution in [0.4, 0.5) is 0 Å². The summed E-state index contributed by atoms with van der Waals surface area (Å²) in [5.74, 6) is 1.69. The largest absolute Gasteiger partial charge is 0.493 e. The molecule has 1 unspecified atom stereocenters. The second-order valence-corrected chi connectivity index (χ2v) is 11.5. The molecule has 3 aromatic rings. The molecule has 42 heavy (non-hydrogen) atoms. The molecule has 0 N–H and O–H groups in total. The minimum Gasteiger partial charge on any atom is -0.493 e.